The van der Waals surface area contributed by atoms with Gasteiger partial charge in [0.05, 0.1) is 11.1 Å². The Morgan fingerprint density at radius 1 is 1.32 bits per heavy atom. The maximum atomic E-state index is 12.6. The van der Waals surface area contributed by atoms with Crippen molar-refractivity contribution >= 4 is 22.2 Å². The molecular formula is C18H15F3N2OS. The molecular weight excluding hydrogens is 349 g/mol. The SMILES string of the molecule is C[C@H]1CCc2c(sc(NC(=O)c3ccc(C(F)(F)F)cc3)c2C#N)C1. The van der Waals surface area contributed by atoms with E-state index in [9.17, 15) is 23.2 Å². The van der Waals surface area contributed by atoms with Crippen molar-refractivity contribution in [1.29, 1.82) is 5.26 Å². The molecule has 0 unspecified atom stereocenters. The fraction of sp³-hybridized carbons (Fsp3) is 0.333. The topological polar surface area (TPSA) is 52.9 Å². The number of carbonyl (C=O) groups is 1. The van der Waals surface area contributed by atoms with Gasteiger partial charge in [0.25, 0.3) is 5.91 Å². The zero-order chi connectivity index (χ0) is 18.2. The third kappa shape index (κ3) is 3.54. The highest BCUT2D eigenvalue weighted by atomic mass is 32.1. The van der Waals surface area contributed by atoms with Gasteiger partial charge in [-0.1, -0.05) is 6.92 Å². The van der Waals surface area contributed by atoms with Crippen LogP contribution in [0.25, 0.3) is 0 Å². The predicted molar refractivity (Wildman–Crippen MR) is 89.6 cm³/mol. The number of anilines is 1. The molecule has 2 aromatic rings. The van der Waals surface area contributed by atoms with E-state index in [0.717, 1.165) is 54.0 Å². The molecule has 1 N–H and O–H groups in total. The van der Waals surface area contributed by atoms with Crippen molar-refractivity contribution in [2.75, 3.05) is 5.32 Å². The van der Waals surface area contributed by atoms with Gasteiger partial charge in [-0.2, -0.15) is 18.4 Å². The summed E-state index contributed by atoms with van der Waals surface area (Å²) in [5, 5.41) is 12.6. The number of benzene rings is 1. The first kappa shape index (κ1) is 17.5. The molecule has 0 saturated heterocycles. The lowest BCUT2D eigenvalue weighted by molar-refractivity contribution is -0.137. The van der Waals surface area contributed by atoms with Crippen molar-refractivity contribution < 1.29 is 18.0 Å². The molecule has 0 radical (unpaired) electrons. The van der Waals surface area contributed by atoms with Crippen LogP contribution in [-0.2, 0) is 19.0 Å². The van der Waals surface area contributed by atoms with Gasteiger partial charge in [-0.15, -0.1) is 11.3 Å². The predicted octanol–water partition coefficient (Wildman–Crippen LogP) is 5.02. The molecule has 3 rings (SSSR count). The molecule has 0 fully saturated rings. The highest BCUT2D eigenvalue weighted by Crippen LogP contribution is 2.39. The number of halogens is 3. The van der Waals surface area contributed by atoms with Gasteiger partial charge >= 0.3 is 6.18 Å². The Morgan fingerprint density at radius 2 is 2.00 bits per heavy atom. The number of fused-ring (bicyclic) bond motifs is 1. The van der Waals surface area contributed by atoms with Gasteiger partial charge in [0.1, 0.15) is 11.1 Å². The van der Waals surface area contributed by atoms with Gasteiger partial charge in [0.2, 0.25) is 0 Å². The van der Waals surface area contributed by atoms with Crippen molar-refractivity contribution in [2.45, 2.75) is 32.4 Å². The van der Waals surface area contributed by atoms with Crippen LogP contribution in [0.5, 0.6) is 0 Å². The first-order valence-electron chi connectivity index (χ1n) is 7.83. The summed E-state index contributed by atoms with van der Waals surface area (Å²) in [5.74, 6) is 0.0213. The smallest absolute Gasteiger partial charge is 0.312 e. The summed E-state index contributed by atoms with van der Waals surface area (Å²) < 4.78 is 37.8. The van der Waals surface area contributed by atoms with Crippen molar-refractivity contribution in [1.82, 2.24) is 0 Å². The van der Waals surface area contributed by atoms with Gasteiger partial charge < -0.3 is 5.32 Å². The van der Waals surface area contributed by atoms with Crippen LogP contribution >= 0.6 is 11.3 Å². The molecule has 0 saturated carbocycles. The third-order valence-electron chi connectivity index (χ3n) is 4.32. The number of nitrogens with zero attached hydrogens (tertiary/aromatic N) is 1. The molecule has 7 heteroatoms. The van der Waals surface area contributed by atoms with E-state index in [2.05, 4.69) is 18.3 Å². The third-order valence-corrected chi connectivity index (χ3v) is 5.49. The Bertz CT molecular complexity index is 847. The lowest BCUT2D eigenvalue weighted by Crippen LogP contribution is -2.13. The van der Waals surface area contributed by atoms with E-state index >= 15 is 0 Å². The molecule has 0 spiro atoms. The van der Waals surface area contributed by atoms with Crippen molar-refractivity contribution in [3.05, 3.63) is 51.4 Å². The van der Waals surface area contributed by atoms with Gasteiger partial charge in [0.15, 0.2) is 0 Å². The fourth-order valence-electron chi connectivity index (χ4n) is 2.94. The number of rotatable bonds is 2. The van der Waals surface area contributed by atoms with E-state index in [4.69, 9.17) is 0 Å². The first-order chi connectivity index (χ1) is 11.8. The van der Waals surface area contributed by atoms with Gasteiger partial charge in [-0.3, -0.25) is 4.79 Å². The number of nitrogens with one attached hydrogen (secondary N) is 1. The number of alkyl halides is 3. The Labute approximate surface area is 147 Å². The monoisotopic (exact) mass is 364 g/mol. The minimum absolute atomic E-state index is 0.122. The summed E-state index contributed by atoms with van der Waals surface area (Å²) >= 11 is 1.39. The second-order valence-corrected chi connectivity index (χ2v) is 7.30. The summed E-state index contributed by atoms with van der Waals surface area (Å²) in [4.78, 5) is 13.4. The molecule has 130 valence electrons. The number of amides is 1. The van der Waals surface area contributed by atoms with E-state index in [1.807, 2.05) is 0 Å². The van der Waals surface area contributed by atoms with Crippen LogP contribution in [0.4, 0.5) is 18.2 Å². The van der Waals surface area contributed by atoms with Crippen LogP contribution in [0.15, 0.2) is 24.3 Å². The number of hydrogen-bond donors (Lipinski definition) is 1. The number of carbonyl (C=O) groups excluding carboxylic acids is 1. The summed E-state index contributed by atoms with van der Waals surface area (Å²) in [5.41, 5.74) is 0.791. The van der Waals surface area contributed by atoms with E-state index in [0.29, 0.717) is 16.5 Å². The lowest BCUT2D eigenvalue weighted by Gasteiger charge is -2.17. The molecule has 1 amide bonds. The highest BCUT2D eigenvalue weighted by Gasteiger charge is 2.30. The van der Waals surface area contributed by atoms with Gasteiger partial charge in [0, 0.05) is 10.4 Å². The number of thiophene rings is 1. The summed E-state index contributed by atoms with van der Waals surface area (Å²) in [6.07, 6.45) is -1.74. The molecule has 0 aliphatic heterocycles. The fourth-order valence-corrected chi connectivity index (χ4v) is 4.30. The quantitative estimate of drug-likeness (QED) is 0.814. The summed E-state index contributed by atoms with van der Waals surface area (Å²) in [7, 11) is 0. The average Bonchev–Trinajstić information content (AvgIpc) is 2.90. The standard InChI is InChI=1S/C18H15F3N2OS/c1-10-2-7-13-14(9-22)17(25-15(13)8-10)23-16(24)11-3-5-12(6-4-11)18(19,20)21/h3-6,10H,2,7-8H2,1H3,(H,23,24)/t10-/m0/s1. The molecule has 3 nitrogen and oxygen atoms in total. The van der Waals surface area contributed by atoms with Crippen molar-refractivity contribution in [2.24, 2.45) is 5.92 Å². The molecule has 1 aromatic carbocycles. The van der Waals surface area contributed by atoms with E-state index < -0.39 is 17.6 Å². The van der Waals surface area contributed by atoms with Gasteiger partial charge in [-0.05, 0) is 55.0 Å². The average molecular weight is 364 g/mol. The number of hydrogen-bond acceptors (Lipinski definition) is 3. The highest BCUT2D eigenvalue weighted by molar-refractivity contribution is 7.16. The first-order valence-corrected chi connectivity index (χ1v) is 8.64. The van der Waals surface area contributed by atoms with Crippen LogP contribution in [-0.4, -0.2) is 5.91 Å². The van der Waals surface area contributed by atoms with Crippen LogP contribution in [0.2, 0.25) is 0 Å². The molecule has 1 aliphatic rings. The minimum Gasteiger partial charge on any atom is -0.312 e. The van der Waals surface area contributed by atoms with Crippen molar-refractivity contribution in [3.8, 4) is 6.07 Å². The molecule has 1 aromatic heterocycles. The molecule has 1 atom stereocenters. The minimum atomic E-state index is -4.44. The Balaban J connectivity index is 1.83. The largest absolute Gasteiger partial charge is 0.416 e. The maximum absolute atomic E-state index is 12.6. The molecule has 0 bridgehead atoms. The number of nitriles is 1. The van der Waals surface area contributed by atoms with Gasteiger partial charge in [-0.25, -0.2) is 0 Å². The Morgan fingerprint density at radius 3 is 2.60 bits per heavy atom. The normalized spacial score (nSPS) is 16.8. The lowest BCUT2D eigenvalue weighted by atomic mass is 9.88. The van der Waals surface area contributed by atoms with Crippen LogP contribution < -0.4 is 5.32 Å². The Hall–Kier alpha value is -2.33. The maximum Gasteiger partial charge on any atom is 0.416 e. The van der Waals surface area contributed by atoms with E-state index in [1.54, 1.807) is 0 Å². The zero-order valence-corrected chi connectivity index (χ0v) is 14.2. The zero-order valence-electron chi connectivity index (χ0n) is 13.4. The Kier molecular flexibility index (Phi) is 4.56. The summed E-state index contributed by atoms with van der Waals surface area (Å²) in [6, 6.07) is 6.18. The molecule has 1 aliphatic carbocycles. The summed E-state index contributed by atoms with van der Waals surface area (Å²) in [6.45, 7) is 2.15. The van der Waals surface area contributed by atoms with Crippen LogP contribution in [0, 0.1) is 17.2 Å². The van der Waals surface area contributed by atoms with Crippen LogP contribution in [0.3, 0.4) is 0 Å². The van der Waals surface area contributed by atoms with E-state index in [1.165, 1.54) is 11.3 Å². The van der Waals surface area contributed by atoms with Crippen molar-refractivity contribution in [3.63, 3.8) is 0 Å². The second kappa shape index (κ2) is 6.52. The van der Waals surface area contributed by atoms with E-state index in [-0.39, 0.29) is 5.56 Å². The molecule has 25 heavy (non-hydrogen) atoms. The van der Waals surface area contributed by atoms with Crippen LogP contribution in [0.1, 0.15) is 45.3 Å². The second-order valence-electron chi connectivity index (χ2n) is 6.20. The molecule has 1 heterocycles.